The minimum Gasteiger partial charge on any atom is -0.309 e. The van der Waals surface area contributed by atoms with Crippen molar-refractivity contribution in [1.82, 2.24) is 5.32 Å². The maximum Gasteiger partial charge on any atom is 0.163 e. The highest BCUT2D eigenvalue weighted by atomic mass is 32.1. The summed E-state index contributed by atoms with van der Waals surface area (Å²) in [5, 5.41) is 3.02. The topological polar surface area (TPSA) is 12.0 Å². The van der Waals surface area contributed by atoms with Crippen LogP contribution in [0.1, 0.15) is 21.4 Å². The first-order chi connectivity index (χ1) is 8.13. The highest BCUT2D eigenvalue weighted by Crippen LogP contribution is 2.30. The van der Waals surface area contributed by atoms with E-state index in [9.17, 15) is 8.78 Å². The molecule has 1 N–H and O–H groups in total. The van der Waals surface area contributed by atoms with Crippen molar-refractivity contribution >= 4 is 11.3 Å². The number of rotatable bonds is 3. The molecule has 0 aliphatic rings. The molecule has 0 fully saturated rings. The molecule has 1 aromatic heterocycles. The first-order valence-electron chi connectivity index (χ1n) is 5.31. The molecule has 1 nitrogen and oxygen atoms in total. The summed E-state index contributed by atoms with van der Waals surface area (Å²) in [5.74, 6) is -1.59. The van der Waals surface area contributed by atoms with E-state index in [2.05, 4.69) is 5.32 Å². The fraction of sp³-hybridized carbons (Fsp3) is 0.231. The molecule has 0 bridgehead atoms. The maximum absolute atomic E-state index is 13.7. The Labute approximate surface area is 103 Å². The number of hydrogen-bond donors (Lipinski definition) is 1. The Hall–Kier alpha value is -1.26. The van der Waals surface area contributed by atoms with Crippen LogP contribution in [-0.2, 0) is 0 Å². The van der Waals surface area contributed by atoms with Gasteiger partial charge < -0.3 is 5.32 Å². The van der Waals surface area contributed by atoms with Gasteiger partial charge in [-0.25, -0.2) is 8.78 Å². The molecule has 90 valence electrons. The lowest BCUT2D eigenvalue weighted by Gasteiger charge is -2.16. The Balaban J connectivity index is 2.45. The summed E-state index contributed by atoms with van der Waals surface area (Å²) >= 11 is 1.58. The van der Waals surface area contributed by atoms with Crippen molar-refractivity contribution in [3.05, 3.63) is 57.3 Å². The first kappa shape index (κ1) is 12.2. The molecule has 0 saturated carbocycles. The Morgan fingerprint density at radius 3 is 2.53 bits per heavy atom. The summed E-state index contributed by atoms with van der Waals surface area (Å²) in [6.07, 6.45) is 0. The average molecular weight is 253 g/mol. The highest BCUT2D eigenvalue weighted by Gasteiger charge is 2.19. The van der Waals surface area contributed by atoms with Gasteiger partial charge in [0.2, 0.25) is 0 Å². The quantitative estimate of drug-likeness (QED) is 0.880. The summed E-state index contributed by atoms with van der Waals surface area (Å²) in [5.41, 5.74) is 0.342. The summed E-state index contributed by atoms with van der Waals surface area (Å²) < 4.78 is 26.9. The van der Waals surface area contributed by atoms with Crippen LogP contribution >= 0.6 is 11.3 Å². The Morgan fingerprint density at radius 1 is 1.18 bits per heavy atom. The SMILES string of the molecule is CNC(c1ccc(C)s1)c1cccc(F)c1F. The van der Waals surface area contributed by atoms with Crippen LogP contribution in [0.5, 0.6) is 0 Å². The zero-order valence-corrected chi connectivity index (χ0v) is 10.4. The molecular formula is C13H13F2NS. The highest BCUT2D eigenvalue weighted by molar-refractivity contribution is 7.12. The monoisotopic (exact) mass is 253 g/mol. The van der Waals surface area contributed by atoms with Crippen LogP contribution in [0.25, 0.3) is 0 Å². The van der Waals surface area contributed by atoms with Crippen molar-refractivity contribution in [2.45, 2.75) is 13.0 Å². The Bertz CT molecular complexity index is 522. The largest absolute Gasteiger partial charge is 0.309 e. The molecule has 4 heteroatoms. The molecule has 1 unspecified atom stereocenters. The van der Waals surface area contributed by atoms with E-state index in [1.807, 2.05) is 19.1 Å². The third-order valence-electron chi connectivity index (χ3n) is 2.63. The van der Waals surface area contributed by atoms with E-state index in [4.69, 9.17) is 0 Å². The second-order valence-electron chi connectivity index (χ2n) is 3.81. The van der Waals surface area contributed by atoms with E-state index >= 15 is 0 Å². The van der Waals surface area contributed by atoms with Crippen LogP contribution in [0, 0.1) is 18.6 Å². The molecule has 0 saturated heterocycles. The van der Waals surface area contributed by atoms with Crippen molar-refractivity contribution in [3.8, 4) is 0 Å². The predicted molar refractivity (Wildman–Crippen MR) is 66.3 cm³/mol. The van der Waals surface area contributed by atoms with Gasteiger partial charge >= 0.3 is 0 Å². The van der Waals surface area contributed by atoms with Gasteiger partial charge in [-0.15, -0.1) is 11.3 Å². The van der Waals surface area contributed by atoms with Crippen LogP contribution in [0.3, 0.4) is 0 Å². The molecule has 0 radical (unpaired) electrons. The smallest absolute Gasteiger partial charge is 0.163 e. The second-order valence-corrected chi connectivity index (χ2v) is 5.13. The first-order valence-corrected chi connectivity index (χ1v) is 6.12. The standard InChI is InChI=1S/C13H13F2NS/c1-8-6-7-11(17-8)13(16-2)9-4-3-5-10(14)12(9)15/h3-7,13,16H,1-2H3. The number of thiophene rings is 1. The van der Waals surface area contributed by atoms with E-state index in [1.165, 1.54) is 6.07 Å². The molecule has 2 rings (SSSR count). The summed E-state index contributed by atoms with van der Waals surface area (Å²) in [7, 11) is 1.74. The van der Waals surface area contributed by atoms with E-state index in [-0.39, 0.29) is 6.04 Å². The van der Waals surface area contributed by atoms with E-state index < -0.39 is 11.6 Å². The lowest BCUT2D eigenvalue weighted by molar-refractivity contribution is 0.488. The lowest BCUT2D eigenvalue weighted by Crippen LogP contribution is -2.18. The number of hydrogen-bond acceptors (Lipinski definition) is 2. The van der Waals surface area contributed by atoms with Crippen LogP contribution in [0.2, 0.25) is 0 Å². The maximum atomic E-state index is 13.7. The fourth-order valence-corrected chi connectivity index (χ4v) is 2.81. The van der Waals surface area contributed by atoms with Gasteiger partial charge in [-0.1, -0.05) is 12.1 Å². The molecule has 0 aliphatic heterocycles. The molecular weight excluding hydrogens is 240 g/mol. The molecule has 2 aromatic rings. The van der Waals surface area contributed by atoms with Gasteiger partial charge in [-0.2, -0.15) is 0 Å². The Kier molecular flexibility index (Phi) is 3.54. The normalized spacial score (nSPS) is 12.7. The van der Waals surface area contributed by atoms with Crippen LogP contribution < -0.4 is 5.32 Å². The van der Waals surface area contributed by atoms with Gasteiger partial charge in [0.05, 0.1) is 6.04 Å². The van der Waals surface area contributed by atoms with Gasteiger partial charge in [0.25, 0.3) is 0 Å². The van der Waals surface area contributed by atoms with Gasteiger partial charge in [0, 0.05) is 15.3 Å². The molecule has 1 aromatic carbocycles. The van der Waals surface area contributed by atoms with Crippen molar-refractivity contribution in [3.63, 3.8) is 0 Å². The van der Waals surface area contributed by atoms with Crippen LogP contribution in [0.4, 0.5) is 8.78 Å². The summed E-state index contributed by atoms with van der Waals surface area (Å²) in [6.45, 7) is 1.99. The van der Waals surface area contributed by atoms with Gasteiger partial charge in [-0.3, -0.25) is 0 Å². The molecule has 0 amide bonds. The molecule has 17 heavy (non-hydrogen) atoms. The van der Waals surface area contributed by atoms with Crippen LogP contribution in [0.15, 0.2) is 30.3 Å². The number of halogens is 2. The third-order valence-corrected chi connectivity index (χ3v) is 3.69. The lowest BCUT2D eigenvalue weighted by atomic mass is 10.0. The molecule has 0 spiro atoms. The third kappa shape index (κ3) is 2.37. The zero-order chi connectivity index (χ0) is 12.4. The Morgan fingerprint density at radius 2 is 1.94 bits per heavy atom. The predicted octanol–water partition coefficient (Wildman–Crippen LogP) is 3.64. The zero-order valence-electron chi connectivity index (χ0n) is 9.63. The van der Waals surface area contributed by atoms with Gasteiger partial charge in [-0.05, 0) is 32.2 Å². The van der Waals surface area contributed by atoms with Crippen molar-refractivity contribution in [2.75, 3.05) is 7.05 Å². The number of aryl methyl sites for hydroxylation is 1. The average Bonchev–Trinajstić information content (AvgIpc) is 2.72. The fourth-order valence-electron chi connectivity index (χ4n) is 1.80. The number of nitrogens with one attached hydrogen (secondary N) is 1. The second kappa shape index (κ2) is 4.94. The minimum atomic E-state index is -0.809. The van der Waals surface area contributed by atoms with Crippen LogP contribution in [-0.4, -0.2) is 7.05 Å². The van der Waals surface area contributed by atoms with Gasteiger partial charge in [0.1, 0.15) is 0 Å². The van der Waals surface area contributed by atoms with E-state index in [1.54, 1.807) is 24.5 Å². The van der Waals surface area contributed by atoms with Crippen molar-refractivity contribution in [2.24, 2.45) is 0 Å². The van der Waals surface area contributed by atoms with E-state index in [0.717, 1.165) is 15.8 Å². The number of benzene rings is 1. The van der Waals surface area contributed by atoms with Crippen molar-refractivity contribution < 1.29 is 8.78 Å². The molecule has 0 aliphatic carbocycles. The summed E-state index contributed by atoms with van der Waals surface area (Å²) in [4.78, 5) is 2.13. The van der Waals surface area contributed by atoms with E-state index in [0.29, 0.717) is 5.56 Å². The summed E-state index contributed by atoms with van der Waals surface area (Å²) in [6, 6.07) is 7.87. The van der Waals surface area contributed by atoms with Crippen molar-refractivity contribution in [1.29, 1.82) is 0 Å². The molecule has 1 atom stereocenters. The minimum absolute atomic E-state index is 0.301. The molecule has 1 heterocycles. The van der Waals surface area contributed by atoms with Gasteiger partial charge in [0.15, 0.2) is 11.6 Å².